The highest BCUT2D eigenvalue weighted by atomic mass is 32.2. The number of carbonyl (C=O) groups excluding carboxylic acids is 1. The summed E-state index contributed by atoms with van der Waals surface area (Å²) in [7, 11) is -2.90. The predicted octanol–water partition coefficient (Wildman–Crippen LogP) is 3.09. The van der Waals surface area contributed by atoms with E-state index in [4.69, 9.17) is 4.42 Å². The molecule has 1 atom stereocenters. The van der Waals surface area contributed by atoms with E-state index in [9.17, 15) is 13.2 Å². The number of sulfone groups is 1. The van der Waals surface area contributed by atoms with Crippen LogP contribution >= 0.6 is 23.1 Å². The van der Waals surface area contributed by atoms with Crippen LogP contribution in [-0.4, -0.2) is 41.8 Å². The first-order valence-corrected chi connectivity index (χ1v) is 12.2. The van der Waals surface area contributed by atoms with Gasteiger partial charge in [0.2, 0.25) is 5.91 Å². The molecular weight excluding hydrogens is 404 g/mol. The van der Waals surface area contributed by atoms with E-state index in [0.29, 0.717) is 24.5 Å². The number of benzene rings is 1. The standard InChI is InChI=1S/C18H18N2O4S3/c21-17(10-25-13-7-8-27(22,23)11-13)19-9-12-5-6-15(24-12)18-20-14-3-1-2-4-16(14)26-18/h1-6,13H,7-11H2,(H,19,21). The van der Waals surface area contributed by atoms with Crippen LogP contribution in [0.1, 0.15) is 12.2 Å². The largest absolute Gasteiger partial charge is 0.457 e. The molecule has 3 heterocycles. The second-order valence-corrected chi connectivity index (χ2v) is 10.9. The fraction of sp³-hybridized carbons (Fsp3) is 0.333. The molecule has 0 aliphatic carbocycles. The number of fused-ring (bicyclic) bond motifs is 1. The average Bonchev–Trinajstić information content (AvgIpc) is 3.35. The average molecular weight is 423 g/mol. The fourth-order valence-electron chi connectivity index (χ4n) is 2.89. The topological polar surface area (TPSA) is 89.3 Å². The van der Waals surface area contributed by atoms with Gasteiger partial charge in [0.25, 0.3) is 0 Å². The first-order valence-electron chi connectivity index (χ1n) is 8.52. The first-order chi connectivity index (χ1) is 13.0. The Morgan fingerprint density at radius 1 is 1.30 bits per heavy atom. The van der Waals surface area contributed by atoms with E-state index >= 15 is 0 Å². The summed E-state index contributed by atoms with van der Waals surface area (Å²) in [6.45, 7) is 0.299. The molecule has 27 heavy (non-hydrogen) atoms. The maximum atomic E-state index is 12.0. The van der Waals surface area contributed by atoms with Crippen LogP contribution in [0, 0.1) is 0 Å². The number of furan rings is 1. The molecule has 0 spiro atoms. The van der Waals surface area contributed by atoms with Crippen molar-refractivity contribution >= 4 is 49.1 Å². The summed E-state index contributed by atoms with van der Waals surface area (Å²) in [5.74, 6) is 1.88. The Balaban J connectivity index is 1.30. The van der Waals surface area contributed by atoms with Crippen LogP contribution in [0.4, 0.5) is 0 Å². The third-order valence-corrected chi connectivity index (χ3v) is 8.60. The van der Waals surface area contributed by atoms with Gasteiger partial charge in [-0.1, -0.05) is 12.1 Å². The summed E-state index contributed by atoms with van der Waals surface area (Å²) in [6.07, 6.45) is 0.629. The Labute approximate surface area is 165 Å². The molecule has 0 saturated carbocycles. The molecule has 0 bridgehead atoms. The number of aromatic nitrogens is 1. The number of hydrogen-bond donors (Lipinski definition) is 1. The lowest BCUT2D eigenvalue weighted by molar-refractivity contribution is -0.118. The number of rotatable bonds is 6. The number of thioether (sulfide) groups is 1. The molecule has 6 nitrogen and oxygen atoms in total. The minimum Gasteiger partial charge on any atom is -0.457 e. The molecule has 2 aromatic heterocycles. The second-order valence-electron chi connectivity index (χ2n) is 6.37. The maximum Gasteiger partial charge on any atom is 0.230 e. The smallest absolute Gasteiger partial charge is 0.230 e. The van der Waals surface area contributed by atoms with Crippen LogP contribution in [0.2, 0.25) is 0 Å². The zero-order valence-corrected chi connectivity index (χ0v) is 16.8. The van der Waals surface area contributed by atoms with Crippen LogP contribution in [0.25, 0.3) is 21.0 Å². The van der Waals surface area contributed by atoms with Gasteiger partial charge in [-0.05, 0) is 30.7 Å². The summed E-state index contributed by atoms with van der Waals surface area (Å²) >= 11 is 2.97. The Hall–Kier alpha value is -1.84. The van der Waals surface area contributed by atoms with Crippen LogP contribution in [0.3, 0.4) is 0 Å². The van der Waals surface area contributed by atoms with Gasteiger partial charge in [0.05, 0.1) is 34.0 Å². The van der Waals surface area contributed by atoms with Crippen molar-refractivity contribution in [2.45, 2.75) is 18.2 Å². The van der Waals surface area contributed by atoms with Gasteiger partial charge in [-0.2, -0.15) is 0 Å². The number of nitrogens with one attached hydrogen (secondary N) is 1. The number of hydrogen-bond acceptors (Lipinski definition) is 7. The van der Waals surface area contributed by atoms with Crippen molar-refractivity contribution in [2.75, 3.05) is 17.3 Å². The molecule has 1 aromatic carbocycles. The third kappa shape index (κ3) is 4.53. The zero-order valence-electron chi connectivity index (χ0n) is 14.4. The summed E-state index contributed by atoms with van der Waals surface area (Å²) in [5, 5.41) is 3.65. The maximum absolute atomic E-state index is 12.0. The van der Waals surface area contributed by atoms with Crippen LogP contribution in [0.15, 0.2) is 40.8 Å². The monoisotopic (exact) mass is 422 g/mol. The Kier molecular flexibility index (Phi) is 5.25. The molecule has 1 saturated heterocycles. The molecule has 3 aromatic rings. The summed E-state index contributed by atoms with van der Waals surface area (Å²) < 4.78 is 29.8. The van der Waals surface area contributed by atoms with Crippen molar-refractivity contribution in [1.82, 2.24) is 10.3 Å². The van der Waals surface area contributed by atoms with Gasteiger partial charge in [-0.15, -0.1) is 23.1 Å². The lowest BCUT2D eigenvalue weighted by Gasteiger charge is -2.07. The van der Waals surface area contributed by atoms with Gasteiger partial charge in [-0.3, -0.25) is 4.79 Å². The quantitative estimate of drug-likeness (QED) is 0.657. The van der Waals surface area contributed by atoms with Gasteiger partial charge in [0, 0.05) is 5.25 Å². The molecule has 4 rings (SSSR count). The Morgan fingerprint density at radius 3 is 2.93 bits per heavy atom. The SMILES string of the molecule is O=C(CSC1CCS(=O)(=O)C1)NCc1ccc(-c2nc3ccccc3s2)o1. The lowest BCUT2D eigenvalue weighted by atomic mass is 10.3. The number of thiazole rings is 1. The zero-order chi connectivity index (χ0) is 18.9. The van der Waals surface area contributed by atoms with E-state index in [1.165, 1.54) is 11.8 Å². The molecule has 142 valence electrons. The highest BCUT2D eigenvalue weighted by Gasteiger charge is 2.28. The van der Waals surface area contributed by atoms with Crippen LogP contribution < -0.4 is 5.32 Å². The van der Waals surface area contributed by atoms with Gasteiger partial charge >= 0.3 is 0 Å². The van der Waals surface area contributed by atoms with E-state index in [-0.39, 0.29) is 28.4 Å². The van der Waals surface area contributed by atoms with Crippen LogP contribution in [0.5, 0.6) is 0 Å². The molecule has 1 amide bonds. The highest BCUT2D eigenvalue weighted by molar-refractivity contribution is 8.02. The third-order valence-electron chi connectivity index (χ3n) is 4.27. The Morgan fingerprint density at radius 2 is 2.15 bits per heavy atom. The molecule has 0 radical (unpaired) electrons. The number of carbonyl (C=O) groups is 1. The van der Waals surface area contributed by atoms with E-state index in [1.54, 1.807) is 11.3 Å². The molecule has 1 N–H and O–H groups in total. The fourth-order valence-corrected chi connectivity index (χ4v) is 7.29. The number of amides is 1. The minimum atomic E-state index is -2.90. The number of nitrogens with zero attached hydrogens (tertiary/aromatic N) is 1. The van der Waals surface area contributed by atoms with Crippen molar-refractivity contribution < 1.29 is 17.6 Å². The first kappa shape index (κ1) is 18.5. The molecule has 9 heteroatoms. The minimum absolute atomic E-state index is 0.0231. The summed E-state index contributed by atoms with van der Waals surface area (Å²) in [6, 6.07) is 11.6. The normalized spacial score (nSPS) is 18.7. The van der Waals surface area contributed by atoms with Crippen molar-refractivity contribution in [2.24, 2.45) is 0 Å². The van der Waals surface area contributed by atoms with E-state index < -0.39 is 9.84 Å². The van der Waals surface area contributed by atoms with Crippen molar-refractivity contribution in [3.8, 4) is 10.8 Å². The Bertz CT molecular complexity index is 1040. The van der Waals surface area contributed by atoms with E-state index in [1.807, 2.05) is 36.4 Å². The predicted molar refractivity (Wildman–Crippen MR) is 109 cm³/mol. The summed E-state index contributed by atoms with van der Waals surface area (Å²) in [5.41, 5.74) is 0.940. The van der Waals surface area contributed by atoms with E-state index in [2.05, 4.69) is 10.3 Å². The van der Waals surface area contributed by atoms with E-state index in [0.717, 1.165) is 15.2 Å². The van der Waals surface area contributed by atoms with Gasteiger partial charge in [-0.25, -0.2) is 13.4 Å². The van der Waals surface area contributed by atoms with Crippen molar-refractivity contribution in [3.63, 3.8) is 0 Å². The van der Waals surface area contributed by atoms with Crippen molar-refractivity contribution in [3.05, 3.63) is 42.2 Å². The van der Waals surface area contributed by atoms with Gasteiger partial charge < -0.3 is 9.73 Å². The summed E-state index contributed by atoms with van der Waals surface area (Å²) in [4.78, 5) is 16.6. The van der Waals surface area contributed by atoms with Crippen LogP contribution in [-0.2, 0) is 21.2 Å². The van der Waals surface area contributed by atoms with Gasteiger partial charge in [0.1, 0.15) is 5.76 Å². The molecule has 1 unspecified atom stereocenters. The molecule has 1 fully saturated rings. The number of para-hydroxylation sites is 1. The lowest BCUT2D eigenvalue weighted by Crippen LogP contribution is -2.25. The van der Waals surface area contributed by atoms with Gasteiger partial charge in [0.15, 0.2) is 20.6 Å². The molecular formula is C18H18N2O4S3. The second kappa shape index (κ2) is 7.65. The molecule has 1 aliphatic heterocycles. The highest BCUT2D eigenvalue weighted by Crippen LogP contribution is 2.31. The molecule has 1 aliphatic rings. The van der Waals surface area contributed by atoms with Crippen molar-refractivity contribution in [1.29, 1.82) is 0 Å².